The Morgan fingerprint density at radius 3 is 1.31 bits per heavy atom. The third-order valence-corrected chi connectivity index (χ3v) is 1.66. The van der Waals surface area contributed by atoms with E-state index in [0.29, 0.717) is 6.61 Å². The van der Waals surface area contributed by atoms with Gasteiger partial charge in [0.25, 0.3) is 0 Å². The predicted molar refractivity (Wildman–Crippen MR) is 51.4 cm³/mol. The maximum atomic E-state index is 8.47. The molecule has 0 aliphatic rings. The van der Waals surface area contributed by atoms with Gasteiger partial charge in [-0.1, -0.05) is 20.3 Å². The Bertz CT molecular complexity index is 81.4. The molecule has 0 aromatic rings. The average Bonchev–Trinajstić information content (AvgIpc) is 2.19. The molecule has 0 saturated carbocycles. The molecule has 0 aromatic carbocycles. The number of aliphatic hydroxyl groups is 4. The molecule has 0 spiro atoms. The fraction of sp³-hybridized carbons (Fsp3) is 1.00. The molecule has 0 unspecified atom stereocenters. The summed E-state index contributed by atoms with van der Waals surface area (Å²) >= 11 is 0. The first kappa shape index (κ1) is 15.3. The molecular formula is C9H22O4. The van der Waals surface area contributed by atoms with E-state index in [0.717, 1.165) is 12.8 Å². The molecule has 0 fully saturated rings. The van der Waals surface area contributed by atoms with E-state index >= 15 is 0 Å². The first-order chi connectivity index (χ1) is 6.10. The van der Waals surface area contributed by atoms with E-state index < -0.39 is 5.41 Å². The van der Waals surface area contributed by atoms with Crippen LogP contribution in [0.2, 0.25) is 0 Å². The molecule has 0 atom stereocenters. The average molecular weight is 194 g/mol. The van der Waals surface area contributed by atoms with Crippen molar-refractivity contribution >= 4 is 0 Å². The van der Waals surface area contributed by atoms with E-state index in [1.54, 1.807) is 6.92 Å². The Hall–Kier alpha value is -0.160. The molecule has 0 aromatic heterocycles. The van der Waals surface area contributed by atoms with Gasteiger partial charge in [-0.3, -0.25) is 0 Å². The lowest BCUT2D eigenvalue weighted by atomic mass is 9.95. The lowest BCUT2D eigenvalue weighted by Crippen LogP contribution is -2.29. The lowest BCUT2D eigenvalue weighted by Gasteiger charge is -2.20. The second-order valence-corrected chi connectivity index (χ2v) is 3.36. The Kier molecular flexibility index (Phi) is 11.7. The van der Waals surface area contributed by atoms with Crippen molar-refractivity contribution in [3.05, 3.63) is 0 Å². The highest BCUT2D eigenvalue weighted by Crippen LogP contribution is 2.10. The third kappa shape index (κ3) is 9.76. The number of hydrogen-bond acceptors (Lipinski definition) is 4. The largest absolute Gasteiger partial charge is 0.396 e. The molecule has 82 valence electrons. The fourth-order valence-electron chi connectivity index (χ4n) is 0.308. The Labute approximate surface area is 79.8 Å². The van der Waals surface area contributed by atoms with E-state index in [1.165, 1.54) is 0 Å². The van der Waals surface area contributed by atoms with Crippen LogP contribution in [0.3, 0.4) is 0 Å². The summed E-state index contributed by atoms with van der Waals surface area (Å²) in [5.41, 5.74) is -0.708. The van der Waals surface area contributed by atoms with Crippen LogP contribution in [0.25, 0.3) is 0 Å². The maximum Gasteiger partial charge on any atom is 0.0528 e. The van der Waals surface area contributed by atoms with Gasteiger partial charge in [-0.15, -0.1) is 0 Å². The van der Waals surface area contributed by atoms with Crippen molar-refractivity contribution in [3.63, 3.8) is 0 Å². The van der Waals surface area contributed by atoms with Gasteiger partial charge >= 0.3 is 0 Å². The van der Waals surface area contributed by atoms with Crippen molar-refractivity contribution in [1.82, 2.24) is 0 Å². The zero-order valence-corrected chi connectivity index (χ0v) is 8.53. The molecule has 4 heteroatoms. The summed E-state index contributed by atoms with van der Waals surface area (Å²) in [6.07, 6.45) is 2.04. The van der Waals surface area contributed by atoms with Crippen molar-refractivity contribution < 1.29 is 20.4 Å². The first-order valence-corrected chi connectivity index (χ1v) is 4.53. The normalized spacial score (nSPS) is 10.6. The number of unbranched alkanes of at least 4 members (excludes halogenated alkanes) is 1. The zero-order chi connectivity index (χ0) is 10.7. The van der Waals surface area contributed by atoms with Gasteiger partial charge < -0.3 is 20.4 Å². The Morgan fingerprint density at radius 1 is 0.923 bits per heavy atom. The predicted octanol–water partition coefficient (Wildman–Crippen LogP) is -0.252. The maximum absolute atomic E-state index is 8.47. The summed E-state index contributed by atoms with van der Waals surface area (Å²) in [6, 6.07) is 0. The van der Waals surface area contributed by atoms with Crippen molar-refractivity contribution in [2.45, 2.75) is 26.7 Å². The minimum atomic E-state index is -0.708. The van der Waals surface area contributed by atoms with Crippen LogP contribution < -0.4 is 0 Å². The van der Waals surface area contributed by atoms with Gasteiger partial charge in [0.15, 0.2) is 0 Å². The molecular weight excluding hydrogens is 172 g/mol. The van der Waals surface area contributed by atoms with Crippen LogP contribution in [0.4, 0.5) is 0 Å². The molecule has 13 heavy (non-hydrogen) atoms. The van der Waals surface area contributed by atoms with Gasteiger partial charge in [0.1, 0.15) is 0 Å². The van der Waals surface area contributed by atoms with E-state index in [9.17, 15) is 0 Å². The lowest BCUT2D eigenvalue weighted by molar-refractivity contribution is 0.0200. The molecule has 0 saturated heterocycles. The van der Waals surface area contributed by atoms with Crippen LogP contribution in [0.1, 0.15) is 26.7 Å². The van der Waals surface area contributed by atoms with Crippen LogP contribution in [-0.2, 0) is 0 Å². The molecule has 0 heterocycles. The molecule has 4 nitrogen and oxygen atoms in total. The van der Waals surface area contributed by atoms with Gasteiger partial charge in [-0.25, -0.2) is 0 Å². The number of aliphatic hydroxyl groups excluding tert-OH is 4. The monoisotopic (exact) mass is 194 g/mol. The minimum Gasteiger partial charge on any atom is -0.396 e. The van der Waals surface area contributed by atoms with Gasteiger partial charge in [0.05, 0.1) is 19.8 Å². The summed E-state index contributed by atoms with van der Waals surface area (Å²) in [7, 11) is 0. The molecule has 0 rings (SSSR count). The van der Waals surface area contributed by atoms with E-state index in [2.05, 4.69) is 6.92 Å². The summed E-state index contributed by atoms with van der Waals surface area (Å²) in [5, 5.41) is 33.5. The van der Waals surface area contributed by atoms with Crippen molar-refractivity contribution in [2.24, 2.45) is 5.41 Å². The van der Waals surface area contributed by atoms with E-state index in [1.807, 2.05) is 0 Å². The molecule has 0 radical (unpaired) electrons. The van der Waals surface area contributed by atoms with Crippen molar-refractivity contribution in [3.8, 4) is 0 Å². The van der Waals surface area contributed by atoms with Crippen LogP contribution in [0.15, 0.2) is 0 Å². The third-order valence-electron chi connectivity index (χ3n) is 1.66. The molecule has 0 bridgehead atoms. The summed E-state index contributed by atoms with van der Waals surface area (Å²) in [5.74, 6) is 0. The highest BCUT2D eigenvalue weighted by Gasteiger charge is 2.20. The summed E-state index contributed by atoms with van der Waals surface area (Å²) in [6.45, 7) is 3.46. The van der Waals surface area contributed by atoms with Gasteiger partial charge in [0.2, 0.25) is 0 Å². The molecule has 0 aliphatic heterocycles. The van der Waals surface area contributed by atoms with Gasteiger partial charge in [-0.05, 0) is 6.42 Å². The fourth-order valence-corrected chi connectivity index (χ4v) is 0.308. The molecule has 0 aliphatic carbocycles. The van der Waals surface area contributed by atoms with Crippen LogP contribution >= 0.6 is 0 Å². The summed E-state index contributed by atoms with van der Waals surface area (Å²) < 4.78 is 0. The second kappa shape index (κ2) is 9.92. The topological polar surface area (TPSA) is 80.9 Å². The quantitative estimate of drug-likeness (QED) is 0.486. The highest BCUT2D eigenvalue weighted by atomic mass is 16.3. The Morgan fingerprint density at radius 2 is 1.31 bits per heavy atom. The van der Waals surface area contributed by atoms with Crippen LogP contribution in [0.5, 0.6) is 0 Å². The van der Waals surface area contributed by atoms with Gasteiger partial charge in [-0.2, -0.15) is 0 Å². The van der Waals surface area contributed by atoms with Crippen molar-refractivity contribution in [2.75, 3.05) is 26.4 Å². The molecule has 0 amide bonds. The second-order valence-electron chi connectivity index (χ2n) is 3.36. The number of hydrogen-bond donors (Lipinski definition) is 4. The van der Waals surface area contributed by atoms with Crippen LogP contribution in [0, 0.1) is 5.41 Å². The molecule has 4 N–H and O–H groups in total. The van der Waals surface area contributed by atoms with E-state index in [-0.39, 0.29) is 19.8 Å². The van der Waals surface area contributed by atoms with E-state index in [4.69, 9.17) is 20.4 Å². The Balaban J connectivity index is 0. The SMILES string of the molecule is CC(CO)(CO)CO.CCCCO. The standard InChI is InChI=1S/C5H12O3.C4H10O/c1-5(2-6,3-7)4-8;1-2-3-4-5/h6-8H,2-4H2,1H3;5H,2-4H2,1H3. The smallest absolute Gasteiger partial charge is 0.0528 e. The first-order valence-electron chi connectivity index (χ1n) is 4.53. The van der Waals surface area contributed by atoms with Crippen molar-refractivity contribution in [1.29, 1.82) is 0 Å². The highest BCUT2D eigenvalue weighted by molar-refractivity contribution is 4.69. The summed E-state index contributed by atoms with van der Waals surface area (Å²) in [4.78, 5) is 0. The van der Waals surface area contributed by atoms with Gasteiger partial charge in [0, 0.05) is 12.0 Å². The minimum absolute atomic E-state index is 0.181. The zero-order valence-electron chi connectivity index (χ0n) is 8.53. The van der Waals surface area contributed by atoms with Crippen LogP contribution in [-0.4, -0.2) is 46.9 Å². The number of rotatable bonds is 5.